The summed E-state index contributed by atoms with van der Waals surface area (Å²) in [5.41, 5.74) is 1.33. The van der Waals surface area contributed by atoms with Crippen LogP contribution in [0.1, 0.15) is 36.1 Å². The molecule has 2 aliphatic heterocycles. The van der Waals surface area contributed by atoms with Gasteiger partial charge in [-0.05, 0) is 54.8 Å². The van der Waals surface area contributed by atoms with Gasteiger partial charge in [0.2, 0.25) is 0 Å². The molecule has 3 heterocycles. The molecule has 37 heavy (non-hydrogen) atoms. The van der Waals surface area contributed by atoms with Gasteiger partial charge >= 0.3 is 5.97 Å². The quantitative estimate of drug-likeness (QED) is 0.388. The minimum atomic E-state index is -0.243. The van der Waals surface area contributed by atoms with Crippen molar-refractivity contribution >= 4 is 46.4 Å². The van der Waals surface area contributed by atoms with Crippen molar-refractivity contribution in [1.82, 2.24) is 4.90 Å². The Morgan fingerprint density at radius 2 is 1.78 bits per heavy atom. The fourth-order valence-electron chi connectivity index (χ4n) is 4.59. The molecule has 2 aromatic rings. The van der Waals surface area contributed by atoms with E-state index in [1.807, 2.05) is 24.3 Å². The highest BCUT2D eigenvalue weighted by Crippen LogP contribution is 2.34. The Bertz CT molecular complexity index is 1120. The number of thiophene rings is 1. The normalized spacial score (nSPS) is 17.6. The summed E-state index contributed by atoms with van der Waals surface area (Å²) in [7, 11) is 3.16. The lowest BCUT2D eigenvalue weighted by Crippen LogP contribution is -2.42. The number of likely N-dealkylation sites (tertiary alicyclic amines) is 1. The number of carbonyl (C=O) groups is 1. The summed E-state index contributed by atoms with van der Waals surface area (Å²) in [6.07, 6.45) is 4.61. The Morgan fingerprint density at radius 3 is 2.43 bits per heavy atom. The number of ether oxygens (including phenoxy) is 3. The number of hydrogen-bond donors (Lipinski definition) is 1. The van der Waals surface area contributed by atoms with Crippen LogP contribution in [0.15, 0.2) is 30.3 Å². The SMILES string of the molecule is COc1ccc(C(C#N)=Cc2ccc(N3CCC(OC(=O)CN4CCC(O)CC4)CC3)s2)cc1OC.Cl. The van der Waals surface area contributed by atoms with E-state index in [4.69, 9.17) is 14.2 Å². The van der Waals surface area contributed by atoms with Crippen molar-refractivity contribution in [3.63, 3.8) is 0 Å². The number of piperidine rings is 2. The van der Waals surface area contributed by atoms with Gasteiger partial charge in [-0.25, -0.2) is 0 Å². The molecule has 1 N–H and O–H groups in total. The molecule has 0 amide bonds. The Labute approximate surface area is 228 Å². The third-order valence-electron chi connectivity index (χ3n) is 6.68. The zero-order valence-corrected chi connectivity index (χ0v) is 22.9. The first-order chi connectivity index (χ1) is 17.5. The lowest BCUT2D eigenvalue weighted by molar-refractivity contribution is -0.151. The molecule has 0 unspecified atom stereocenters. The van der Waals surface area contributed by atoms with Gasteiger partial charge in [-0.1, -0.05) is 0 Å². The van der Waals surface area contributed by atoms with Gasteiger partial charge in [-0.15, -0.1) is 23.7 Å². The maximum atomic E-state index is 12.4. The highest BCUT2D eigenvalue weighted by molar-refractivity contribution is 7.17. The number of methoxy groups -OCH3 is 2. The number of esters is 1. The van der Waals surface area contributed by atoms with Crippen LogP contribution in [0.5, 0.6) is 11.5 Å². The lowest BCUT2D eigenvalue weighted by Gasteiger charge is -2.33. The van der Waals surface area contributed by atoms with Crippen molar-refractivity contribution in [2.24, 2.45) is 0 Å². The average Bonchev–Trinajstić information content (AvgIpc) is 3.37. The standard InChI is InChI=1S/C27H33N3O5S.ClH/c1-33-24-5-3-19(16-25(24)34-2)20(17-28)15-23-4-6-26(36-23)30-13-9-22(10-14-30)35-27(32)18-29-11-7-21(31)8-12-29;/h3-6,15-16,21-22,31H,7-14,18H2,1-2H3;1H. The molecule has 0 bridgehead atoms. The fourth-order valence-corrected chi connectivity index (χ4v) is 5.60. The van der Waals surface area contributed by atoms with E-state index in [1.165, 1.54) is 0 Å². The molecule has 1 aromatic carbocycles. The first-order valence-corrected chi connectivity index (χ1v) is 13.1. The average molecular weight is 548 g/mol. The van der Waals surface area contributed by atoms with Gasteiger partial charge in [0.05, 0.1) is 43.5 Å². The highest BCUT2D eigenvalue weighted by atomic mass is 35.5. The van der Waals surface area contributed by atoms with E-state index >= 15 is 0 Å². The van der Waals surface area contributed by atoms with Crippen molar-refractivity contribution in [3.05, 3.63) is 40.8 Å². The van der Waals surface area contributed by atoms with Crippen LogP contribution in [0.2, 0.25) is 0 Å². The molecule has 2 fully saturated rings. The minimum absolute atomic E-state index is 0. The van der Waals surface area contributed by atoms with Crippen LogP contribution in [0.25, 0.3) is 11.6 Å². The number of nitriles is 1. The Balaban J connectivity index is 0.00000380. The van der Waals surface area contributed by atoms with Crippen molar-refractivity contribution < 1.29 is 24.1 Å². The largest absolute Gasteiger partial charge is 0.493 e. The van der Waals surface area contributed by atoms with Gasteiger partial charge in [0.15, 0.2) is 11.5 Å². The zero-order valence-electron chi connectivity index (χ0n) is 21.2. The number of anilines is 1. The van der Waals surface area contributed by atoms with Crippen LogP contribution in [-0.4, -0.2) is 75.1 Å². The minimum Gasteiger partial charge on any atom is -0.493 e. The molecule has 10 heteroatoms. The van der Waals surface area contributed by atoms with E-state index in [-0.39, 0.29) is 30.6 Å². The third kappa shape index (κ3) is 7.62. The number of halogens is 1. The number of carbonyl (C=O) groups excluding carboxylic acids is 1. The van der Waals surface area contributed by atoms with Gasteiger partial charge in [-0.3, -0.25) is 9.69 Å². The molecule has 0 radical (unpaired) electrons. The van der Waals surface area contributed by atoms with Crippen LogP contribution >= 0.6 is 23.7 Å². The number of allylic oxidation sites excluding steroid dienone is 1. The lowest BCUT2D eigenvalue weighted by atomic mass is 10.1. The van der Waals surface area contributed by atoms with E-state index in [1.54, 1.807) is 31.6 Å². The zero-order chi connectivity index (χ0) is 25.5. The van der Waals surface area contributed by atoms with Gasteiger partial charge in [0, 0.05) is 43.9 Å². The second kappa shape index (κ2) is 13.7. The number of rotatable bonds is 8. The summed E-state index contributed by atoms with van der Waals surface area (Å²) in [6, 6.07) is 11.9. The first-order valence-electron chi connectivity index (χ1n) is 12.3. The van der Waals surface area contributed by atoms with E-state index in [0.29, 0.717) is 36.5 Å². The Morgan fingerprint density at radius 1 is 1.08 bits per heavy atom. The van der Waals surface area contributed by atoms with E-state index in [9.17, 15) is 15.2 Å². The molecule has 0 atom stereocenters. The highest BCUT2D eigenvalue weighted by Gasteiger charge is 2.25. The molecular weight excluding hydrogens is 514 g/mol. The molecule has 2 aliphatic rings. The molecular formula is C27H34ClN3O5S. The number of hydrogen-bond acceptors (Lipinski definition) is 9. The second-order valence-electron chi connectivity index (χ2n) is 9.10. The summed E-state index contributed by atoms with van der Waals surface area (Å²) >= 11 is 1.64. The maximum Gasteiger partial charge on any atom is 0.320 e. The maximum absolute atomic E-state index is 12.4. The number of benzene rings is 1. The molecule has 1 aromatic heterocycles. The predicted molar refractivity (Wildman–Crippen MR) is 148 cm³/mol. The van der Waals surface area contributed by atoms with Gasteiger partial charge in [-0.2, -0.15) is 5.26 Å². The van der Waals surface area contributed by atoms with Crippen LogP contribution in [0.3, 0.4) is 0 Å². The van der Waals surface area contributed by atoms with Crippen LogP contribution in [0, 0.1) is 11.3 Å². The van der Waals surface area contributed by atoms with Gasteiger partial charge in [0.1, 0.15) is 6.10 Å². The topological polar surface area (TPSA) is 95.3 Å². The second-order valence-corrected chi connectivity index (χ2v) is 10.2. The number of aliphatic hydroxyl groups excluding tert-OH is 1. The summed E-state index contributed by atoms with van der Waals surface area (Å²) < 4.78 is 16.4. The smallest absolute Gasteiger partial charge is 0.320 e. The fraction of sp³-hybridized carbons (Fsp3) is 0.481. The van der Waals surface area contributed by atoms with Gasteiger partial charge in [0.25, 0.3) is 0 Å². The molecule has 2 saturated heterocycles. The van der Waals surface area contributed by atoms with Gasteiger partial charge < -0.3 is 24.2 Å². The number of aliphatic hydroxyl groups is 1. The van der Waals surface area contributed by atoms with E-state index in [0.717, 1.165) is 54.5 Å². The first kappa shape index (κ1) is 28.8. The molecule has 0 saturated carbocycles. The predicted octanol–water partition coefficient (Wildman–Crippen LogP) is 4.22. The summed E-state index contributed by atoms with van der Waals surface area (Å²) in [6.45, 7) is 3.41. The van der Waals surface area contributed by atoms with Crippen molar-refractivity contribution in [2.45, 2.75) is 37.9 Å². The van der Waals surface area contributed by atoms with Crippen LogP contribution < -0.4 is 14.4 Å². The molecule has 0 aliphatic carbocycles. The monoisotopic (exact) mass is 547 g/mol. The van der Waals surface area contributed by atoms with E-state index in [2.05, 4.69) is 21.9 Å². The molecule has 8 nitrogen and oxygen atoms in total. The molecule has 0 spiro atoms. The van der Waals surface area contributed by atoms with Crippen molar-refractivity contribution in [1.29, 1.82) is 5.26 Å². The van der Waals surface area contributed by atoms with Crippen molar-refractivity contribution in [3.8, 4) is 17.6 Å². The number of nitrogens with zero attached hydrogens (tertiary/aromatic N) is 3. The Hall–Kier alpha value is -2.77. The third-order valence-corrected chi connectivity index (χ3v) is 7.77. The molecule has 4 rings (SSSR count). The van der Waals surface area contributed by atoms with Crippen LogP contribution in [0.4, 0.5) is 5.00 Å². The molecule has 200 valence electrons. The Kier molecular flexibility index (Phi) is 10.6. The van der Waals surface area contributed by atoms with Crippen molar-refractivity contribution in [2.75, 3.05) is 51.8 Å². The van der Waals surface area contributed by atoms with Crippen LogP contribution in [-0.2, 0) is 9.53 Å². The summed E-state index contributed by atoms with van der Waals surface area (Å²) in [5.74, 6) is 1.03. The summed E-state index contributed by atoms with van der Waals surface area (Å²) in [4.78, 5) is 17.7. The summed E-state index contributed by atoms with van der Waals surface area (Å²) in [5, 5.41) is 20.5. The van der Waals surface area contributed by atoms with E-state index < -0.39 is 0 Å².